The first kappa shape index (κ1) is 15.0. The minimum absolute atomic E-state index is 0.170. The standard InChI is InChI=1S/C13H20N2O2S/c1-3-18-12-7-5-4-6-11(12)15-13(16)10(14)8-9-17-2/h4-7,10H,3,8-9,14H2,1-2H3,(H,15,16). The molecule has 0 radical (unpaired) electrons. The van der Waals surface area contributed by atoms with Gasteiger partial charge >= 0.3 is 0 Å². The van der Waals surface area contributed by atoms with E-state index in [2.05, 4.69) is 12.2 Å². The molecule has 1 aromatic carbocycles. The first-order chi connectivity index (χ1) is 8.69. The smallest absolute Gasteiger partial charge is 0.241 e. The van der Waals surface area contributed by atoms with Crippen LogP contribution in [-0.2, 0) is 9.53 Å². The van der Waals surface area contributed by atoms with Gasteiger partial charge in [-0.1, -0.05) is 19.1 Å². The van der Waals surface area contributed by atoms with E-state index in [9.17, 15) is 4.79 Å². The highest BCUT2D eigenvalue weighted by atomic mass is 32.2. The lowest BCUT2D eigenvalue weighted by Gasteiger charge is -2.14. The number of nitrogens with one attached hydrogen (secondary N) is 1. The van der Waals surface area contributed by atoms with Crippen molar-refractivity contribution in [2.45, 2.75) is 24.3 Å². The van der Waals surface area contributed by atoms with Crippen LogP contribution in [-0.4, -0.2) is 31.4 Å². The third-order valence-corrected chi connectivity index (χ3v) is 3.37. The number of thioether (sulfide) groups is 1. The van der Waals surface area contributed by atoms with Gasteiger partial charge < -0.3 is 15.8 Å². The molecule has 3 N–H and O–H groups in total. The van der Waals surface area contributed by atoms with Crippen molar-refractivity contribution in [3.8, 4) is 0 Å². The molecule has 0 fully saturated rings. The fourth-order valence-electron chi connectivity index (χ4n) is 1.45. The van der Waals surface area contributed by atoms with Gasteiger partial charge in [0.1, 0.15) is 0 Å². The van der Waals surface area contributed by atoms with E-state index in [0.29, 0.717) is 13.0 Å². The maximum Gasteiger partial charge on any atom is 0.241 e. The van der Waals surface area contributed by atoms with Gasteiger partial charge in [-0.25, -0.2) is 0 Å². The maximum atomic E-state index is 11.9. The molecule has 1 unspecified atom stereocenters. The summed E-state index contributed by atoms with van der Waals surface area (Å²) in [5, 5.41) is 2.86. The zero-order chi connectivity index (χ0) is 13.4. The van der Waals surface area contributed by atoms with Crippen molar-refractivity contribution in [1.82, 2.24) is 0 Å². The Kier molecular flexibility index (Phi) is 6.78. The number of hydrogen-bond acceptors (Lipinski definition) is 4. The number of nitrogens with two attached hydrogens (primary N) is 1. The van der Waals surface area contributed by atoms with E-state index in [1.807, 2.05) is 24.3 Å². The van der Waals surface area contributed by atoms with Gasteiger partial charge in [0.05, 0.1) is 11.7 Å². The van der Waals surface area contributed by atoms with Gasteiger partial charge in [-0.2, -0.15) is 0 Å². The molecule has 5 heteroatoms. The zero-order valence-electron chi connectivity index (χ0n) is 10.8. The van der Waals surface area contributed by atoms with Gasteiger partial charge in [0, 0.05) is 18.6 Å². The lowest BCUT2D eigenvalue weighted by atomic mass is 10.2. The number of carbonyl (C=O) groups excluding carboxylic acids is 1. The number of rotatable bonds is 7. The van der Waals surface area contributed by atoms with E-state index < -0.39 is 6.04 Å². The molecule has 0 aliphatic rings. The first-order valence-electron chi connectivity index (χ1n) is 5.96. The molecule has 1 rings (SSSR count). The zero-order valence-corrected chi connectivity index (χ0v) is 11.6. The largest absolute Gasteiger partial charge is 0.385 e. The van der Waals surface area contributed by atoms with Crippen LogP contribution in [0, 0.1) is 0 Å². The number of anilines is 1. The summed E-state index contributed by atoms with van der Waals surface area (Å²) in [6.45, 7) is 2.56. The van der Waals surface area contributed by atoms with Crippen molar-refractivity contribution in [2.24, 2.45) is 5.73 Å². The highest BCUT2D eigenvalue weighted by Crippen LogP contribution is 2.26. The van der Waals surface area contributed by atoms with Crippen molar-refractivity contribution in [3.63, 3.8) is 0 Å². The predicted octanol–water partition coefficient (Wildman–Crippen LogP) is 2.10. The van der Waals surface area contributed by atoms with Crippen LogP contribution in [0.1, 0.15) is 13.3 Å². The predicted molar refractivity (Wildman–Crippen MR) is 75.9 cm³/mol. The Morgan fingerprint density at radius 1 is 1.50 bits per heavy atom. The second kappa shape index (κ2) is 8.13. The Hall–Kier alpha value is -1.04. The summed E-state index contributed by atoms with van der Waals surface area (Å²) < 4.78 is 4.91. The molecule has 0 bridgehead atoms. The van der Waals surface area contributed by atoms with Crippen LogP contribution in [0.2, 0.25) is 0 Å². The summed E-state index contributed by atoms with van der Waals surface area (Å²) in [5.41, 5.74) is 6.60. The average Bonchev–Trinajstić information content (AvgIpc) is 2.38. The summed E-state index contributed by atoms with van der Waals surface area (Å²) in [6, 6.07) is 7.20. The summed E-state index contributed by atoms with van der Waals surface area (Å²) in [5.74, 6) is 0.791. The van der Waals surface area contributed by atoms with Crippen molar-refractivity contribution < 1.29 is 9.53 Å². The summed E-state index contributed by atoms with van der Waals surface area (Å²) in [4.78, 5) is 12.9. The Morgan fingerprint density at radius 2 is 2.22 bits per heavy atom. The molecule has 18 heavy (non-hydrogen) atoms. The maximum absolute atomic E-state index is 11.9. The van der Waals surface area contributed by atoms with Gasteiger partial charge in [-0.3, -0.25) is 4.79 Å². The van der Waals surface area contributed by atoms with Crippen LogP contribution < -0.4 is 11.1 Å². The lowest BCUT2D eigenvalue weighted by Crippen LogP contribution is -2.36. The topological polar surface area (TPSA) is 64.4 Å². The van der Waals surface area contributed by atoms with Crippen LogP contribution in [0.15, 0.2) is 29.2 Å². The monoisotopic (exact) mass is 268 g/mol. The van der Waals surface area contributed by atoms with E-state index in [-0.39, 0.29) is 5.91 Å². The summed E-state index contributed by atoms with van der Waals surface area (Å²) in [7, 11) is 1.60. The molecule has 100 valence electrons. The molecular formula is C13H20N2O2S. The van der Waals surface area contributed by atoms with E-state index in [4.69, 9.17) is 10.5 Å². The molecule has 0 saturated carbocycles. The van der Waals surface area contributed by atoms with E-state index in [1.165, 1.54) is 0 Å². The number of ether oxygens (including phenoxy) is 1. The molecule has 0 aliphatic carbocycles. The number of para-hydroxylation sites is 1. The van der Waals surface area contributed by atoms with Gasteiger partial charge in [0.2, 0.25) is 5.91 Å². The number of amides is 1. The highest BCUT2D eigenvalue weighted by molar-refractivity contribution is 7.99. The van der Waals surface area contributed by atoms with Crippen LogP contribution >= 0.6 is 11.8 Å². The number of carbonyl (C=O) groups is 1. The number of hydrogen-bond donors (Lipinski definition) is 2. The molecule has 1 amide bonds. The minimum atomic E-state index is -0.537. The van der Waals surface area contributed by atoms with Gasteiger partial charge in [0.25, 0.3) is 0 Å². The quantitative estimate of drug-likeness (QED) is 0.743. The van der Waals surface area contributed by atoms with E-state index >= 15 is 0 Å². The molecule has 0 heterocycles. The van der Waals surface area contributed by atoms with E-state index in [0.717, 1.165) is 16.3 Å². The van der Waals surface area contributed by atoms with Crippen molar-refractivity contribution in [2.75, 3.05) is 24.8 Å². The summed E-state index contributed by atoms with van der Waals surface area (Å²) in [6.07, 6.45) is 0.519. The molecule has 1 aromatic rings. The normalized spacial score (nSPS) is 12.2. The first-order valence-corrected chi connectivity index (χ1v) is 6.94. The third kappa shape index (κ3) is 4.68. The number of benzene rings is 1. The van der Waals surface area contributed by atoms with Crippen LogP contribution in [0.4, 0.5) is 5.69 Å². The molecule has 0 aromatic heterocycles. The number of methoxy groups -OCH3 is 1. The van der Waals surface area contributed by atoms with Crippen LogP contribution in [0.5, 0.6) is 0 Å². The van der Waals surface area contributed by atoms with Crippen LogP contribution in [0.3, 0.4) is 0 Å². The Labute approximate surface area is 112 Å². The molecule has 0 saturated heterocycles. The van der Waals surface area contributed by atoms with E-state index in [1.54, 1.807) is 18.9 Å². The molecule has 1 atom stereocenters. The second-order valence-corrected chi connectivity index (χ2v) is 5.11. The van der Waals surface area contributed by atoms with Gasteiger partial charge in [-0.15, -0.1) is 11.8 Å². The van der Waals surface area contributed by atoms with Crippen molar-refractivity contribution in [1.29, 1.82) is 0 Å². The fraction of sp³-hybridized carbons (Fsp3) is 0.462. The van der Waals surface area contributed by atoms with Crippen LogP contribution in [0.25, 0.3) is 0 Å². The van der Waals surface area contributed by atoms with Crippen molar-refractivity contribution >= 4 is 23.4 Å². The molecule has 0 aliphatic heterocycles. The Balaban J connectivity index is 2.63. The Bertz CT molecular complexity index is 385. The van der Waals surface area contributed by atoms with Gasteiger partial charge in [0.15, 0.2) is 0 Å². The van der Waals surface area contributed by atoms with Crippen molar-refractivity contribution in [3.05, 3.63) is 24.3 Å². The Morgan fingerprint density at radius 3 is 2.89 bits per heavy atom. The second-order valence-electron chi connectivity index (χ2n) is 3.81. The summed E-state index contributed by atoms with van der Waals surface area (Å²) >= 11 is 1.69. The minimum Gasteiger partial charge on any atom is -0.385 e. The lowest BCUT2D eigenvalue weighted by molar-refractivity contribution is -0.117. The SMILES string of the molecule is CCSc1ccccc1NC(=O)C(N)CCOC. The molecule has 0 spiro atoms. The molecular weight excluding hydrogens is 248 g/mol. The molecule has 4 nitrogen and oxygen atoms in total. The van der Waals surface area contributed by atoms with Gasteiger partial charge in [-0.05, 0) is 24.3 Å². The average molecular weight is 268 g/mol. The highest BCUT2D eigenvalue weighted by Gasteiger charge is 2.14. The fourth-order valence-corrected chi connectivity index (χ4v) is 2.21. The third-order valence-electron chi connectivity index (χ3n) is 2.41.